The van der Waals surface area contributed by atoms with E-state index in [1.807, 2.05) is 66.7 Å². The number of nitrogens with zero attached hydrogens (tertiary/aromatic N) is 2. The van der Waals surface area contributed by atoms with Crippen LogP contribution in [0.2, 0.25) is 0 Å². The van der Waals surface area contributed by atoms with E-state index in [1.54, 1.807) is 12.1 Å². The highest BCUT2D eigenvalue weighted by Gasteiger charge is 2.35. The highest BCUT2D eigenvalue weighted by Crippen LogP contribution is 2.33. The molecule has 6 nitrogen and oxygen atoms in total. The minimum atomic E-state index is -0.845. The van der Waals surface area contributed by atoms with Gasteiger partial charge in [0.15, 0.2) is 0 Å². The summed E-state index contributed by atoms with van der Waals surface area (Å²) < 4.78 is 5.57. The third-order valence-corrected chi connectivity index (χ3v) is 7.63. The van der Waals surface area contributed by atoms with E-state index in [1.165, 1.54) is 0 Å². The van der Waals surface area contributed by atoms with Gasteiger partial charge >= 0.3 is 5.97 Å². The number of ether oxygens (including phenoxy) is 1. The Bertz CT molecular complexity index is 1170. The SMILES string of the molecule is CCN(CC)Cc1ccc(C(=O)Oc2ccc(CC(C=O)N3CCC(O)(c4ccccc4)CC3)cc2)cc1. The van der Waals surface area contributed by atoms with Crippen LogP contribution < -0.4 is 4.74 Å². The Morgan fingerprint density at radius 3 is 2.13 bits per heavy atom. The Labute approximate surface area is 225 Å². The van der Waals surface area contributed by atoms with Gasteiger partial charge < -0.3 is 14.6 Å². The fourth-order valence-corrected chi connectivity index (χ4v) is 5.08. The van der Waals surface area contributed by atoms with Crippen LogP contribution in [-0.4, -0.2) is 59.4 Å². The van der Waals surface area contributed by atoms with Crippen molar-refractivity contribution in [3.63, 3.8) is 0 Å². The van der Waals surface area contributed by atoms with Gasteiger partial charge in [-0.2, -0.15) is 0 Å². The summed E-state index contributed by atoms with van der Waals surface area (Å²) in [6, 6.07) is 24.4. The molecule has 0 aromatic heterocycles. The minimum absolute atomic E-state index is 0.265. The van der Waals surface area contributed by atoms with Crippen LogP contribution >= 0.6 is 0 Å². The van der Waals surface area contributed by atoms with Crippen LogP contribution in [-0.2, 0) is 23.4 Å². The molecule has 4 rings (SSSR count). The van der Waals surface area contributed by atoms with Gasteiger partial charge in [0.05, 0.1) is 17.2 Å². The number of piperidine rings is 1. The lowest BCUT2D eigenvalue weighted by molar-refractivity contribution is -0.114. The zero-order valence-electron chi connectivity index (χ0n) is 22.4. The summed E-state index contributed by atoms with van der Waals surface area (Å²) in [5.41, 5.74) is 2.76. The van der Waals surface area contributed by atoms with E-state index in [0.717, 1.165) is 42.6 Å². The van der Waals surface area contributed by atoms with Crippen molar-refractivity contribution < 1.29 is 19.4 Å². The molecular formula is C32H38N2O4. The maximum absolute atomic E-state index is 12.6. The number of esters is 1. The topological polar surface area (TPSA) is 70.1 Å². The van der Waals surface area contributed by atoms with Crippen LogP contribution in [0, 0.1) is 0 Å². The molecule has 6 heteroatoms. The van der Waals surface area contributed by atoms with Gasteiger partial charge in [-0.1, -0.05) is 68.4 Å². The first kappa shape index (κ1) is 27.7. The minimum Gasteiger partial charge on any atom is -0.423 e. The number of hydrogen-bond donors (Lipinski definition) is 1. The fraction of sp³-hybridized carbons (Fsp3) is 0.375. The number of aldehydes is 1. The van der Waals surface area contributed by atoms with E-state index in [0.29, 0.717) is 43.7 Å². The summed E-state index contributed by atoms with van der Waals surface area (Å²) in [7, 11) is 0. The Morgan fingerprint density at radius 2 is 1.55 bits per heavy atom. The molecule has 0 radical (unpaired) electrons. The Hall–Kier alpha value is -3.32. The van der Waals surface area contributed by atoms with Gasteiger partial charge in [0.1, 0.15) is 12.0 Å². The van der Waals surface area contributed by atoms with Crippen molar-refractivity contribution in [3.8, 4) is 5.75 Å². The van der Waals surface area contributed by atoms with Gasteiger partial charge in [-0.25, -0.2) is 4.79 Å². The van der Waals surface area contributed by atoms with Gasteiger partial charge in [0.25, 0.3) is 0 Å². The van der Waals surface area contributed by atoms with Crippen LogP contribution in [0.15, 0.2) is 78.9 Å². The fourth-order valence-electron chi connectivity index (χ4n) is 5.08. The first-order valence-corrected chi connectivity index (χ1v) is 13.5. The number of carbonyl (C=O) groups excluding carboxylic acids is 2. The summed E-state index contributed by atoms with van der Waals surface area (Å²) >= 11 is 0. The molecule has 1 N–H and O–H groups in total. The number of benzene rings is 3. The van der Waals surface area contributed by atoms with Gasteiger partial charge in [0.2, 0.25) is 0 Å². The molecular weight excluding hydrogens is 476 g/mol. The highest BCUT2D eigenvalue weighted by molar-refractivity contribution is 5.91. The van der Waals surface area contributed by atoms with E-state index in [9.17, 15) is 14.7 Å². The molecule has 1 aliphatic heterocycles. The quantitative estimate of drug-likeness (QED) is 0.224. The van der Waals surface area contributed by atoms with Crippen LogP contribution in [0.5, 0.6) is 5.75 Å². The van der Waals surface area contributed by atoms with Gasteiger partial charge in [-0.15, -0.1) is 0 Å². The number of hydrogen-bond acceptors (Lipinski definition) is 6. The van der Waals surface area contributed by atoms with Crippen molar-refractivity contribution >= 4 is 12.3 Å². The molecule has 0 spiro atoms. The summed E-state index contributed by atoms with van der Waals surface area (Å²) in [5, 5.41) is 11.1. The number of rotatable bonds is 11. The number of carbonyl (C=O) groups is 2. The Kier molecular flexibility index (Phi) is 9.45. The van der Waals surface area contributed by atoms with Crippen molar-refractivity contribution in [2.24, 2.45) is 0 Å². The molecule has 200 valence electrons. The smallest absolute Gasteiger partial charge is 0.343 e. The molecule has 0 aliphatic carbocycles. The van der Waals surface area contributed by atoms with Gasteiger partial charge in [-0.05, 0) is 73.3 Å². The molecule has 3 aromatic carbocycles. The van der Waals surface area contributed by atoms with E-state index in [-0.39, 0.29) is 6.04 Å². The van der Waals surface area contributed by atoms with Crippen molar-refractivity contribution in [2.45, 2.75) is 51.3 Å². The second-order valence-corrected chi connectivity index (χ2v) is 10.0. The molecule has 38 heavy (non-hydrogen) atoms. The largest absolute Gasteiger partial charge is 0.423 e. The zero-order valence-corrected chi connectivity index (χ0v) is 22.4. The normalized spacial score (nSPS) is 16.2. The molecule has 1 aliphatic rings. The summed E-state index contributed by atoms with van der Waals surface area (Å²) in [4.78, 5) is 29.0. The second kappa shape index (κ2) is 13.0. The molecule has 1 unspecified atom stereocenters. The third-order valence-electron chi connectivity index (χ3n) is 7.63. The molecule has 3 aromatic rings. The van der Waals surface area contributed by atoms with Gasteiger partial charge in [-0.3, -0.25) is 9.80 Å². The Balaban J connectivity index is 1.30. The number of likely N-dealkylation sites (tertiary alicyclic amines) is 1. The van der Waals surface area contributed by atoms with Crippen LogP contribution in [0.1, 0.15) is 53.7 Å². The average Bonchev–Trinajstić information content (AvgIpc) is 2.97. The summed E-state index contributed by atoms with van der Waals surface area (Å²) in [6.45, 7) is 8.41. The van der Waals surface area contributed by atoms with Gasteiger partial charge in [0, 0.05) is 19.6 Å². The molecule has 1 heterocycles. The lowest BCUT2D eigenvalue weighted by atomic mass is 9.84. The maximum atomic E-state index is 12.6. The summed E-state index contributed by atoms with van der Waals surface area (Å²) in [6.07, 6.45) is 2.74. The molecule has 1 atom stereocenters. The maximum Gasteiger partial charge on any atom is 0.343 e. The van der Waals surface area contributed by atoms with Crippen molar-refractivity contribution in [1.29, 1.82) is 0 Å². The third kappa shape index (κ3) is 6.95. The van der Waals surface area contributed by atoms with E-state index in [2.05, 4.69) is 23.6 Å². The lowest BCUT2D eigenvalue weighted by Crippen LogP contribution is -2.48. The molecule has 0 saturated carbocycles. The monoisotopic (exact) mass is 514 g/mol. The van der Waals surface area contributed by atoms with Crippen LogP contribution in [0.4, 0.5) is 0 Å². The highest BCUT2D eigenvalue weighted by atomic mass is 16.5. The Morgan fingerprint density at radius 1 is 0.947 bits per heavy atom. The van der Waals surface area contributed by atoms with Crippen molar-refractivity contribution in [3.05, 3.63) is 101 Å². The predicted molar refractivity (Wildman–Crippen MR) is 149 cm³/mol. The molecule has 0 bridgehead atoms. The van der Waals surface area contributed by atoms with Crippen molar-refractivity contribution in [2.75, 3.05) is 26.2 Å². The van der Waals surface area contributed by atoms with E-state index in [4.69, 9.17) is 4.74 Å². The van der Waals surface area contributed by atoms with E-state index < -0.39 is 11.6 Å². The average molecular weight is 515 g/mol. The molecule has 1 saturated heterocycles. The number of aliphatic hydroxyl groups is 1. The first-order chi connectivity index (χ1) is 18.4. The first-order valence-electron chi connectivity index (χ1n) is 13.5. The predicted octanol–water partition coefficient (Wildman–Crippen LogP) is 4.84. The standard InChI is InChI=1S/C32H38N2O4/c1-3-33(4-2)23-26-10-14-27(15-11-26)31(36)38-30-16-12-25(13-17-30)22-29(24-35)34-20-18-32(37,19-21-34)28-8-6-5-7-9-28/h5-17,24,29,37H,3-4,18-23H2,1-2H3. The molecule has 1 fully saturated rings. The summed E-state index contributed by atoms with van der Waals surface area (Å²) in [5.74, 6) is 0.0802. The zero-order chi connectivity index (χ0) is 27.0. The van der Waals surface area contributed by atoms with Crippen molar-refractivity contribution in [1.82, 2.24) is 9.80 Å². The van der Waals surface area contributed by atoms with Crippen LogP contribution in [0.25, 0.3) is 0 Å². The van der Waals surface area contributed by atoms with E-state index >= 15 is 0 Å². The lowest BCUT2D eigenvalue weighted by Gasteiger charge is -2.40. The molecule has 0 amide bonds. The van der Waals surface area contributed by atoms with Crippen LogP contribution in [0.3, 0.4) is 0 Å². The second-order valence-electron chi connectivity index (χ2n) is 10.0.